The maximum atomic E-state index is 3.71. The maximum absolute atomic E-state index is 3.71. The Morgan fingerprint density at radius 2 is 2.46 bits per heavy atom. The number of nitrogens with one attached hydrogen (secondary N) is 1. The highest BCUT2D eigenvalue weighted by Gasteiger charge is 2.00. The van der Waals surface area contributed by atoms with Crippen LogP contribution in [-0.4, -0.2) is 6.04 Å². The average Bonchev–Trinajstić information content (AvgIpc) is 2.49. The van der Waals surface area contributed by atoms with E-state index in [9.17, 15) is 0 Å². The fourth-order valence-corrected chi connectivity index (χ4v) is 2.49. The van der Waals surface area contributed by atoms with Gasteiger partial charge in [-0.05, 0) is 41.4 Å². The summed E-state index contributed by atoms with van der Waals surface area (Å²) in [6, 6.07) is 4.74. The zero-order valence-electron chi connectivity index (χ0n) is 7.72. The minimum absolute atomic E-state index is 0.512. The van der Waals surface area contributed by atoms with Crippen molar-refractivity contribution < 1.29 is 0 Å². The molecule has 13 heavy (non-hydrogen) atoms. The molecule has 0 radical (unpaired) electrons. The molecule has 72 valence electrons. The third-order valence-corrected chi connectivity index (χ3v) is 3.40. The van der Waals surface area contributed by atoms with E-state index in [1.165, 1.54) is 8.66 Å². The van der Waals surface area contributed by atoms with Crippen LogP contribution in [0.5, 0.6) is 0 Å². The molecule has 3 heteroatoms. The van der Waals surface area contributed by atoms with Crippen LogP contribution in [0, 0.1) is 0 Å². The molecule has 1 atom stereocenters. The van der Waals surface area contributed by atoms with Crippen molar-refractivity contribution in [3.8, 4) is 0 Å². The zero-order chi connectivity index (χ0) is 9.68. The lowest BCUT2D eigenvalue weighted by Gasteiger charge is -2.09. The largest absolute Gasteiger partial charge is 0.309 e. The molecule has 1 rings (SSSR count). The second-order valence-corrected chi connectivity index (χ2v) is 5.56. The van der Waals surface area contributed by atoms with Crippen LogP contribution in [0.25, 0.3) is 0 Å². The van der Waals surface area contributed by atoms with Crippen molar-refractivity contribution in [3.63, 3.8) is 0 Å². The molecule has 0 fully saturated rings. The third-order valence-electron chi connectivity index (χ3n) is 1.77. The van der Waals surface area contributed by atoms with Crippen molar-refractivity contribution in [1.82, 2.24) is 5.32 Å². The summed E-state index contributed by atoms with van der Waals surface area (Å²) in [4.78, 5) is 1.36. The third kappa shape index (κ3) is 4.07. The second-order valence-electron chi connectivity index (χ2n) is 3.01. The van der Waals surface area contributed by atoms with Crippen LogP contribution in [0.2, 0.25) is 0 Å². The van der Waals surface area contributed by atoms with E-state index < -0.39 is 0 Å². The van der Waals surface area contributed by atoms with Gasteiger partial charge >= 0.3 is 0 Å². The van der Waals surface area contributed by atoms with E-state index in [1.54, 1.807) is 11.3 Å². The van der Waals surface area contributed by atoms with Crippen molar-refractivity contribution in [2.75, 3.05) is 0 Å². The molecular weight excluding hydrogens is 246 g/mol. The Morgan fingerprint density at radius 1 is 1.69 bits per heavy atom. The Hall–Kier alpha value is -0.120. The summed E-state index contributed by atoms with van der Waals surface area (Å²) in [5, 5.41) is 3.43. The van der Waals surface area contributed by atoms with Gasteiger partial charge in [0.2, 0.25) is 0 Å². The molecule has 1 aromatic rings. The van der Waals surface area contributed by atoms with Gasteiger partial charge in [-0.3, -0.25) is 0 Å². The van der Waals surface area contributed by atoms with Crippen molar-refractivity contribution in [2.45, 2.75) is 25.9 Å². The van der Waals surface area contributed by atoms with E-state index in [4.69, 9.17) is 0 Å². The summed E-state index contributed by atoms with van der Waals surface area (Å²) in [5.74, 6) is 0. The lowest BCUT2D eigenvalue weighted by atomic mass is 10.2. The molecule has 1 N–H and O–H groups in total. The number of hydrogen-bond acceptors (Lipinski definition) is 2. The Morgan fingerprint density at radius 3 is 3.00 bits per heavy atom. The first-order chi connectivity index (χ1) is 6.22. The minimum Gasteiger partial charge on any atom is -0.309 e. The van der Waals surface area contributed by atoms with E-state index in [0.29, 0.717) is 6.04 Å². The monoisotopic (exact) mass is 259 g/mol. The van der Waals surface area contributed by atoms with E-state index in [0.717, 1.165) is 13.0 Å². The molecular formula is C10H14BrNS. The topological polar surface area (TPSA) is 12.0 Å². The van der Waals surface area contributed by atoms with E-state index >= 15 is 0 Å². The Bertz CT molecular complexity index is 270. The molecule has 1 aromatic heterocycles. The normalized spacial score (nSPS) is 12.8. The van der Waals surface area contributed by atoms with Gasteiger partial charge < -0.3 is 5.32 Å². The highest BCUT2D eigenvalue weighted by Crippen LogP contribution is 2.21. The van der Waals surface area contributed by atoms with Gasteiger partial charge in [-0.1, -0.05) is 6.08 Å². The van der Waals surface area contributed by atoms with Crippen LogP contribution >= 0.6 is 27.3 Å². The van der Waals surface area contributed by atoms with Crippen LogP contribution in [0.15, 0.2) is 28.6 Å². The van der Waals surface area contributed by atoms with E-state index in [2.05, 4.69) is 46.9 Å². The SMILES string of the molecule is C=CCC(C)NCc1ccc(Br)s1. The lowest BCUT2D eigenvalue weighted by Crippen LogP contribution is -2.24. The fourth-order valence-electron chi connectivity index (χ4n) is 1.05. The van der Waals surface area contributed by atoms with Gasteiger partial charge in [-0.25, -0.2) is 0 Å². The summed E-state index contributed by atoms with van der Waals surface area (Å²) in [7, 11) is 0. The first-order valence-electron chi connectivity index (χ1n) is 4.31. The first-order valence-corrected chi connectivity index (χ1v) is 5.92. The Balaban J connectivity index is 2.30. The minimum atomic E-state index is 0.512. The van der Waals surface area contributed by atoms with Crippen LogP contribution in [0.1, 0.15) is 18.2 Å². The second kappa shape index (κ2) is 5.58. The van der Waals surface area contributed by atoms with Gasteiger partial charge in [0.15, 0.2) is 0 Å². The van der Waals surface area contributed by atoms with Crippen LogP contribution in [0.3, 0.4) is 0 Å². The van der Waals surface area contributed by atoms with Crippen LogP contribution in [-0.2, 0) is 6.54 Å². The quantitative estimate of drug-likeness (QED) is 0.798. The van der Waals surface area contributed by atoms with Gasteiger partial charge in [-0.2, -0.15) is 0 Å². The first kappa shape index (κ1) is 11.0. The van der Waals surface area contributed by atoms with Gasteiger partial charge in [0.1, 0.15) is 0 Å². The van der Waals surface area contributed by atoms with Gasteiger partial charge in [-0.15, -0.1) is 17.9 Å². The summed E-state index contributed by atoms with van der Waals surface area (Å²) in [6.45, 7) is 6.84. The number of halogens is 1. The molecule has 0 saturated heterocycles. The molecule has 1 unspecified atom stereocenters. The van der Waals surface area contributed by atoms with Gasteiger partial charge in [0, 0.05) is 17.5 Å². The molecule has 1 nitrogen and oxygen atoms in total. The summed E-state index contributed by atoms with van der Waals surface area (Å²) in [5.41, 5.74) is 0. The van der Waals surface area contributed by atoms with Crippen LogP contribution < -0.4 is 5.32 Å². The predicted molar refractivity (Wildman–Crippen MR) is 63.1 cm³/mol. The maximum Gasteiger partial charge on any atom is 0.0701 e. The Labute approximate surface area is 92.0 Å². The molecule has 0 saturated carbocycles. The summed E-state index contributed by atoms with van der Waals surface area (Å²) in [6.07, 6.45) is 2.97. The average molecular weight is 260 g/mol. The molecule has 0 aliphatic carbocycles. The summed E-state index contributed by atoms with van der Waals surface area (Å²) < 4.78 is 1.20. The number of hydrogen-bond donors (Lipinski definition) is 1. The van der Waals surface area contributed by atoms with E-state index in [1.807, 2.05) is 6.08 Å². The van der Waals surface area contributed by atoms with Crippen molar-refractivity contribution in [2.24, 2.45) is 0 Å². The molecule has 0 amide bonds. The zero-order valence-corrected chi connectivity index (χ0v) is 10.1. The Kier molecular flexibility index (Phi) is 4.70. The smallest absolute Gasteiger partial charge is 0.0701 e. The van der Waals surface area contributed by atoms with Gasteiger partial charge in [0.05, 0.1) is 3.79 Å². The standard InChI is InChI=1S/C10H14BrNS/c1-3-4-8(2)12-7-9-5-6-10(11)13-9/h3,5-6,8,12H,1,4,7H2,2H3. The van der Waals surface area contributed by atoms with E-state index in [-0.39, 0.29) is 0 Å². The van der Waals surface area contributed by atoms with Crippen molar-refractivity contribution >= 4 is 27.3 Å². The number of rotatable bonds is 5. The molecule has 0 aliphatic heterocycles. The number of thiophene rings is 1. The predicted octanol–water partition coefficient (Wildman–Crippen LogP) is 3.56. The fraction of sp³-hybridized carbons (Fsp3) is 0.400. The molecule has 1 heterocycles. The lowest BCUT2D eigenvalue weighted by molar-refractivity contribution is 0.557. The molecule has 0 spiro atoms. The highest BCUT2D eigenvalue weighted by molar-refractivity contribution is 9.11. The van der Waals surface area contributed by atoms with Crippen molar-refractivity contribution in [1.29, 1.82) is 0 Å². The molecule has 0 bridgehead atoms. The van der Waals surface area contributed by atoms with Crippen LogP contribution in [0.4, 0.5) is 0 Å². The highest BCUT2D eigenvalue weighted by atomic mass is 79.9. The molecule has 0 aromatic carbocycles. The van der Waals surface area contributed by atoms with Gasteiger partial charge in [0.25, 0.3) is 0 Å². The summed E-state index contributed by atoms with van der Waals surface area (Å²) >= 11 is 5.22. The van der Waals surface area contributed by atoms with Crippen molar-refractivity contribution in [3.05, 3.63) is 33.5 Å². The molecule has 0 aliphatic rings.